The number of nitrogens with one attached hydrogen (secondary N) is 1. The van der Waals surface area contributed by atoms with Gasteiger partial charge in [-0.25, -0.2) is 8.42 Å². The third kappa shape index (κ3) is 7.55. The van der Waals surface area contributed by atoms with E-state index < -0.39 is 9.84 Å². The second-order valence-electron chi connectivity index (χ2n) is 4.97. The van der Waals surface area contributed by atoms with Gasteiger partial charge in [-0.1, -0.05) is 18.6 Å². The highest BCUT2D eigenvalue weighted by Crippen LogP contribution is 2.18. The van der Waals surface area contributed by atoms with Crippen LogP contribution in [0.3, 0.4) is 0 Å². The molecule has 1 saturated carbocycles. The van der Waals surface area contributed by atoms with E-state index in [-0.39, 0.29) is 0 Å². The van der Waals surface area contributed by atoms with Gasteiger partial charge in [0.25, 0.3) is 0 Å². The Morgan fingerprint density at radius 1 is 1.35 bits per heavy atom. The second-order valence-corrected chi connectivity index (χ2v) is 7.27. The van der Waals surface area contributed by atoms with Crippen molar-refractivity contribution >= 4 is 9.84 Å². The van der Waals surface area contributed by atoms with E-state index in [4.69, 9.17) is 0 Å². The van der Waals surface area contributed by atoms with E-state index in [9.17, 15) is 8.42 Å². The van der Waals surface area contributed by atoms with Gasteiger partial charge in [0.1, 0.15) is 0 Å². The first-order chi connectivity index (χ1) is 8.03. The quantitative estimate of drug-likeness (QED) is 0.510. The Morgan fingerprint density at radius 3 is 2.65 bits per heavy atom. The summed E-state index contributed by atoms with van der Waals surface area (Å²) >= 11 is 0. The maximum atomic E-state index is 11.5. The SMILES string of the molecule is CCCS(=O)(=O)CCC(C)=CCCNC1CC1. The van der Waals surface area contributed by atoms with Gasteiger partial charge in [-0.15, -0.1) is 0 Å². The first-order valence-corrected chi connectivity index (χ1v) is 8.45. The van der Waals surface area contributed by atoms with Gasteiger partial charge < -0.3 is 5.32 Å². The predicted molar refractivity (Wildman–Crippen MR) is 73.0 cm³/mol. The molecule has 0 heterocycles. The zero-order valence-corrected chi connectivity index (χ0v) is 11.9. The average Bonchev–Trinajstić information content (AvgIpc) is 3.05. The van der Waals surface area contributed by atoms with Crippen molar-refractivity contribution in [2.24, 2.45) is 0 Å². The predicted octanol–water partition coefficient (Wildman–Crippen LogP) is 2.29. The molecule has 0 amide bonds. The summed E-state index contributed by atoms with van der Waals surface area (Å²) in [6.45, 7) is 4.95. The van der Waals surface area contributed by atoms with Gasteiger partial charge in [-0.05, 0) is 45.6 Å². The second kappa shape index (κ2) is 7.17. The van der Waals surface area contributed by atoms with Crippen LogP contribution in [0.5, 0.6) is 0 Å². The minimum absolute atomic E-state index is 0.305. The third-order valence-electron chi connectivity index (χ3n) is 2.97. The summed E-state index contributed by atoms with van der Waals surface area (Å²) in [7, 11) is -2.82. The van der Waals surface area contributed by atoms with Crippen molar-refractivity contribution in [3.05, 3.63) is 11.6 Å². The molecule has 0 bridgehead atoms. The molecule has 1 fully saturated rings. The van der Waals surface area contributed by atoms with Gasteiger partial charge in [0, 0.05) is 11.8 Å². The Kier molecular flexibility index (Phi) is 6.20. The molecule has 1 aliphatic rings. The van der Waals surface area contributed by atoms with E-state index >= 15 is 0 Å². The van der Waals surface area contributed by atoms with Crippen molar-refractivity contribution in [1.29, 1.82) is 0 Å². The van der Waals surface area contributed by atoms with Gasteiger partial charge in [0.2, 0.25) is 0 Å². The molecule has 17 heavy (non-hydrogen) atoms. The number of allylic oxidation sites excluding steroid dienone is 1. The lowest BCUT2D eigenvalue weighted by atomic mass is 10.2. The Balaban J connectivity index is 2.13. The molecule has 1 N–H and O–H groups in total. The lowest BCUT2D eigenvalue weighted by molar-refractivity contribution is 0.593. The summed E-state index contributed by atoms with van der Waals surface area (Å²) in [5.74, 6) is 0.628. The zero-order chi connectivity index (χ0) is 12.7. The summed E-state index contributed by atoms with van der Waals surface area (Å²) in [6, 6.07) is 0.758. The monoisotopic (exact) mass is 259 g/mol. The normalized spacial score (nSPS) is 17.4. The third-order valence-corrected chi connectivity index (χ3v) is 4.83. The van der Waals surface area contributed by atoms with Gasteiger partial charge >= 0.3 is 0 Å². The van der Waals surface area contributed by atoms with Crippen molar-refractivity contribution in [3.8, 4) is 0 Å². The van der Waals surface area contributed by atoms with Gasteiger partial charge in [0.15, 0.2) is 9.84 Å². The van der Waals surface area contributed by atoms with Crippen LogP contribution in [0.4, 0.5) is 0 Å². The van der Waals surface area contributed by atoms with Crippen LogP contribution in [-0.2, 0) is 9.84 Å². The number of rotatable bonds is 9. The highest BCUT2D eigenvalue weighted by Gasteiger charge is 2.19. The van der Waals surface area contributed by atoms with E-state index in [0.717, 1.165) is 25.4 Å². The fourth-order valence-electron chi connectivity index (χ4n) is 1.73. The molecule has 1 rings (SSSR count). The molecule has 4 heteroatoms. The largest absolute Gasteiger partial charge is 0.314 e. The van der Waals surface area contributed by atoms with E-state index in [0.29, 0.717) is 17.9 Å². The molecule has 0 aliphatic heterocycles. The van der Waals surface area contributed by atoms with Crippen LogP contribution in [-0.4, -0.2) is 32.5 Å². The molecule has 0 unspecified atom stereocenters. The molecule has 0 aromatic carbocycles. The lowest BCUT2D eigenvalue weighted by Crippen LogP contribution is -2.16. The summed E-state index contributed by atoms with van der Waals surface area (Å²) < 4.78 is 23.0. The van der Waals surface area contributed by atoms with Crippen LogP contribution < -0.4 is 5.32 Å². The van der Waals surface area contributed by atoms with Gasteiger partial charge in [0.05, 0.1) is 5.75 Å². The van der Waals surface area contributed by atoms with Gasteiger partial charge in [-0.2, -0.15) is 0 Å². The smallest absolute Gasteiger partial charge is 0.150 e. The molecule has 3 nitrogen and oxygen atoms in total. The standard InChI is InChI=1S/C13H25NO2S/c1-3-10-17(15,16)11-8-12(2)5-4-9-14-13-6-7-13/h5,13-14H,3-4,6-11H2,1-2H3. The van der Waals surface area contributed by atoms with Crippen LogP contribution in [0.2, 0.25) is 0 Å². The summed E-state index contributed by atoms with van der Waals surface area (Å²) in [5.41, 5.74) is 1.20. The maximum Gasteiger partial charge on any atom is 0.150 e. The topological polar surface area (TPSA) is 46.2 Å². The fourth-order valence-corrected chi connectivity index (χ4v) is 3.18. The summed E-state index contributed by atoms with van der Waals surface area (Å²) in [6.07, 6.45) is 7.21. The molecule has 0 aromatic rings. The van der Waals surface area contributed by atoms with Crippen LogP contribution in [0.15, 0.2) is 11.6 Å². The van der Waals surface area contributed by atoms with E-state index in [1.165, 1.54) is 18.4 Å². The highest BCUT2D eigenvalue weighted by molar-refractivity contribution is 7.91. The molecular weight excluding hydrogens is 234 g/mol. The van der Waals surface area contributed by atoms with E-state index in [2.05, 4.69) is 11.4 Å². The minimum atomic E-state index is -2.82. The first-order valence-electron chi connectivity index (χ1n) is 6.63. The van der Waals surface area contributed by atoms with Crippen molar-refractivity contribution in [3.63, 3.8) is 0 Å². The Hall–Kier alpha value is -0.350. The van der Waals surface area contributed by atoms with Crippen molar-refractivity contribution in [1.82, 2.24) is 5.32 Å². The highest BCUT2D eigenvalue weighted by atomic mass is 32.2. The van der Waals surface area contributed by atoms with Crippen LogP contribution in [0.1, 0.15) is 46.0 Å². The number of hydrogen-bond donors (Lipinski definition) is 1. The molecule has 0 aromatic heterocycles. The Bertz CT molecular complexity index is 342. The maximum absolute atomic E-state index is 11.5. The van der Waals surface area contributed by atoms with Crippen LogP contribution in [0, 0.1) is 0 Å². The summed E-state index contributed by atoms with van der Waals surface area (Å²) in [5, 5.41) is 3.44. The fraction of sp³-hybridized carbons (Fsp3) is 0.846. The van der Waals surface area contributed by atoms with Crippen molar-refractivity contribution in [2.75, 3.05) is 18.1 Å². The van der Waals surface area contributed by atoms with Crippen molar-refractivity contribution in [2.45, 2.75) is 52.0 Å². The molecule has 1 aliphatic carbocycles. The van der Waals surface area contributed by atoms with Crippen molar-refractivity contribution < 1.29 is 8.42 Å². The van der Waals surface area contributed by atoms with E-state index in [1.807, 2.05) is 13.8 Å². The Morgan fingerprint density at radius 2 is 2.06 bits per heavy atom. The first kappa shape index (κ1) is 14.7. The molecule has 0 spiro atoms. The molecule has 0 saturated heterocycles. The summed E-state index contributed by atoms with van der Waals surface area (Å²) in [4.78, 5) is 0. The molecular formula is C13H25NO2S. The van der Waals surface area contributed by atoms with Crippen LogP contribution in [0.25, 0.3) is 0 Å². The number of sulfone groups is 1. The van der Waals surface area contributed by atoms with Crippen LogP contribution >= 0.6 is 0 Å². The molecule has 0 radical (unpaired) electrons. The number of hydrogen-bond acceptors (Lipinski definition) is 3. The molecule has 0 atom stereocenters. The average molecular weight is 259 g/mol. The zero-order valence-electron chi connectivity index (χ0n) is 11.0. The Labute approximate surface area is 106 Å². The lowest BCUT2D eigenvalue weighted by Gasteiger charge is -2.04. The minimum Gasteiger partial charge on any atom is -0.314 e. The van der Waals surface area contributed by atoms with E-state index in [1.54, 1.807) is 0 Å². The van der Waals surface area contributed by atoms with Gasteiger partial charge in [-0.3, -0.25) is 0 Å². The molecule has 100 valence electrons.